The molecule has 0 aliphatic carbocycles. The number of amides is 1. The van der Waals surface area contributed by atoms with Crippen molar-refractivity contribution in [2.45, 2.75) is 76.7 Å². The van der Waals surface area contributed by atoms with Crippen LogP contribution in [0.2, 0.25) is 18.1 Å². The summed E-state index contributed by atoms with van der Waals surface area (Å²) in [5, 5.41) is -0.101. The van der Waals surface area contributed by atoms with Gasteiger partial charge in [0.1, 0.15) is 13.8 Å². The van der Waals surface area contributed by atoms with E-state index in [9.17, 15) is 13.2 Å². The van der Waals surface area contributed by atoms with Crippen LogP contribution in [0.1, 0.15) is 47.1 Å². The van der Waals surface area contributed by atoms with E-state index in [2.05, 4.69) is 25.2 Å². The summed E-state index contributed by atoms with van der Waals surface area (Å²) in [5.41, 5.74) is 0.272. The molecule has 1 rings (SSSR count). The van der Waals surface area contributed by atoms with Gasteiger partial charge in [-0.15, -0.1) is 0 Å². The number of nitrogens with zero attached hydrogens (tertiary/aromatic N) is 1. The quantitative estimate of drug-likeness (QED) is 0.727. The predicted octanol–water partition coefficient (Wildman–Crippen LogP) is 4.34. The highest BCUT2D eigenvalue weighted by molar-refractivity contribution is 7.91. The highest BCUT2D eigenvalue weighted by Gasteiger charge is 2.39. The van der Waals surface area contributed by atoms with Crippen LogP contribution in [0.15, 0.2) is 29.2 Å². The number of carbonyl (C=O) groups excluding carboxylic acids is 1. The minimum absolute atomic E-state index is 0.101. The Kier molecular flexibility index (Phi) is 6.95. The van der Waals surface area contributed by atoms with Gasteiger partial charge < -0.3 is 9.64 Å². The summed E-state index contributed by atoms with van der Waals surface area (Å²) in [5.74, 6) is 0. The molecule has 0 aliphatic heterocycles. The van der Waals surface area contributed by atoms with E-state index in [0.717, 1.165) is 5.56 Å². The third-order valence-electron chi connectivity index (χ3n) is 4.62. The summed E-state index contributed by atoms with van der Waals surface area (Å²) < 4.78 is 33.7. The minimum Gasteiger partial charge on any atom is -0.444 e. The lowest BCUT2D eigenvalue weighted by Crippen LogP contribution is -2.54. The second-order valence-electron chi connectivity index (χ2n) is 9.46. The Labute approximate surface area is 165 Å². The molecule has 0 bridgehead atoms. The largest absolute Gasteiger partial charge is 0.444 e. The summed E-state index contributed by atoms with van der Waals surface area (Å²) in [7, 11) is -4.14. The van der Waals surface area contributed by atoms with Crippen LogP contribution in [0.4, 0.5) is 4.79 Å². The normalized spacial score (nSPS) is 13.4. The van der Waals surface area contributed by atoms with Crippen LogP contribution >= 0.6 is 0 Å². The molecule has 0 saturated heterocycles. The molecule has 0 aromatic heterocycles. The molecule has 0 spiro atoms. The Balaban J connectivity index is 2.88. The highest BCUT2D eigenvalue weighted by Crippen LogP contribution is 2.34. The fourth-order valence-corrected chi connectivity index (χ4v) is 6.88. The van der Waals surface area contributed by atoms with Crippen molar-refractivity contribution in [2.75, 3.05) is 7.05 Å². The van der Waals surface area contributed by atoms with Gasteiger partial charge in [-0.25, -0.2) is 17.6 Å². The highest BCUT2D eigenvalue weighted by atomic mass is 32.2. The summed E-state index contributed by atoms with van der Waals surface area (Å²) >= 11 is 0. The van der Waals surface area contributed by atoms with Crippen molar-refractivity contribution in [3.8, 4) is 0 Å². The number of sulfonamides is 1. The zero-order valence-corrected chi connectivity index (χ0v) is 19.8. The lowest BCUT2D eigenvalue weighted by Gasteiger charge is -2.36. The van der Waals surface area contributed by atoms with Gasteiger partial charge >= 0.3 is 6.09 Å². The molecular formula is C19H34N2O4SSi. The predicted molar refractivity (Wildman–Crippen MR) is 112 cm³/mol. The maximum absolute atomic E-state index is 12.7. The first-order valence-corrected chi connectivity index (χ1v) is 13.5. The standard InChI is InChI=1S/C19H34N2O4SSi/c1-18(2,3)25-17(22)21(7)14-15-10-12-16(13-11-15)26(23,24)20-27(8,9)19(4,5)6/h10-13,20H,14H2,1-9H3. The number of benzene rings is 1. The van der Waals surface area contributed by atoms with Crippen LogP contribution in [0, 0.1) is 0 Å². The first-order valence-electron chi connectivity index (χ1n) is 9.02. The molecule has 1 N–H and O–H groups in total. The molecule has 154 valence electrons. The van der Waals surface area contributed by atoms with E-state index >= 15 is 0 Å². The minimum atomic E-state index is -3.58. The number of rotatable bonds is 5. The molecule has 6 nitrogen and oxygen atoms in total. The molecule has 0 fully saturated rings. The SMILES string of the molecule is CN(Cc1ccc(S(=O)(=O)N[Si](C)(C)C(C)(C)C)cc1)C(=O)OC(C)(C)C. The van der Waals surface area contributed by atoms with Gasteiger partial charge in [0.15, 0.2) is 0 Å². The fourth-order valence-electron chi connectivity index (χ4n) is 2.00. The maximum Gasteiger partial charge on any atom is 0.410 e. The van der Waals surface area contributed by atoms with Gasteiger partial charge in [-0.2, -0.15) is 0 Å². The second kappa shape index (κ2) is 7.93. The maximum atomic E-state index is 12.7. The molecule has 27 heavy (non-hydrogen) atoms. The zero-order chi connectivity index (χ0) is 21.3. The lowest BCUT2D eigenvalue weighted by atomic mass is 10.2. The number of carbonyl (C=O) groups is 1. The zero-order valence-electron chi connectivity index (χ0n) is 18.0. The summed E-state index contributed by atoms with van der Waals surface area (Å²) in [6.07, 6.45) is -0.418. The summed E-state index contributed by atoms with van der Waals surface area (Å²) in [4.78, 5) is 13.7. The Bertz CT molecular complexity index is 760. The summed E-state index contributed by atoms with van der Waals surface area (Å²) in [6, 6.07) is 6.60. The monoisotopic (exact) mass is 414 g/mol. The van der Waals surface area contributed by atoms with Crippen molar-refractivity contribution in [1.29, 1.82) is 0 Å². The van der Waals surface area contributed by atoms with Crippen molar-refractivity contribution in [3.05, 3.63) is 29.8 Å². The van der Waals surface area contributed by atoms with Crippen LogP contribution < -0.4 is 4.39 Å². The fraction of sp³-hybridized carbons (Fsp3) is 0.632. The van der Waals surface area contributed by atoms with Gasteiger partial charge in [-0.05, 0) is 43.5 Å². The van der Waals surface area contributed by atoms with Crippen molar-refractivity contribution in [2.24, 2.45) is 0 Å². The molecule has 0 radical (unpaired) electrons. The van der Waals surface area contributed by atoms with Crippen molar-refractivity contribution < 1.29 is 17.9 Å². The van der Waals surface area contributed by atoms with E-state index < -0.39 is 30.0 Å². The van der Waals surface area contributed by atoms with Crippen LogP contribution in [0.25, 0.3) is 0 Å². The van der Waals surface area contributed by atoms with Crippen molar-refractivity contribution in [1.82, 2.24) is 9.29 Å². The molecule has 1 amide bonds. The van der Waals surface area contributed by atoms with Gasteiger partial charge in [0.05, 0.1) is 4.90 Å². The Morgan fingerprint density at radius 2 is 1.56 bits per heavy atom. The molecule has 0 heterocycles. The van der Waals surface area contributed by atoms with Gasteiger partial charge in [0.25, 0.3) is 0 Å². The Hall–Kier alpha value is -1.38. The van der Waals surface area contributed by atoms with E-state index in [1.165, 1.54) is 4.90 Å². The Morgan fingerprint density at radius 1 is 1.07 bits per heavy atom. The Morgan fingerprint density at radius 3 is 1.96 bits per heavy atom. The van der Waals surface area contributed by atoms with E-state index in [0.29, 0.717) is 6.54 Å². The first-order chi connectivity index (χ1) is 11.9. The molecule has 1 aromatic rings. The van der Waals surface area contributed by atoms with Crippen molar-refractivity contribution >= 4 is 24.4 Å². The van der Waals surface area contributed by atoms with Crippen molar-refractivity contribution in [3.63, 3.8) is 0 Å². The van der Waals surface area contributed by atoms with E-state index in [1.54, 1.807) is 31.3 Å². The third kappa shape index (κ3) is 6.93. The average Bonchev–Trinajstić information content (AvgIpc) is 2.43. The number of hydrogen-bond donors (Lipinski definition) is 1. The number of hydrogen-bond acceptors (Lipinski definition) is 4. The van der Waals surface area contributed by atoms with Gasteiger partial charge in [0, 0.05) is 13.6 Å². The smallest absolute Gasteiger partial charge is 0.410 e. The lowest BCUT2D eigenvalue weighted by molar-refractivity contribution is 0.0285. The molecule has 0 aliphatic rings. The van der Waals surface area contributed by atoms with Gasteiger partial charge in [-0.1, -0.05) is 46.0 Å². The van der Waals surface area contributed by atoms with E-state index in [-0.39, 0.29) is 9.93 Å². The molecule has 0 unspecified atom stereocenters. The van der Waals surface area contributed by atoms with Crippen LogP contribution in [-0.4, -0.2) is 40.3 Å². The third-order valence-corrected chi connectivity index (χ3v) is 12.4. The van der Waals surface area contributed by atoms with E-state index in [1.807, 2.05) is 33.9 Å². The number of nitrogens with one attached hydrogen (secondary N) is 1. The number of ether oxygens (including phenoxy) is 1. The molecule has 1 aromatic carbocycles. The first kappa shape index (κ1) is 23.7. The van der Waals surface area contributed by atoms with Gasteiger partial charge in [0.2, 0.25) is 10.0 Å². The molecular weight excluding hydrogens is 380 g/mol. The van der Waals surface area contributed by atoms with Gasteiger partial charge in [-0.3, -0.25) is 0 Å². The van der Waals surface area contributed by atoms with Crippen LogP contribution in [0.3, 0.4) is 0 Å². The van der Waals surface area contributed by atoms with Crippen LogP contribution in [0.5, 0.6) is 0 Å². The van der Waals surface area contributed by atoms with Crippen LogP contribution in [-0.2, 0) is 21.3 Å². The molecule has 0 saturated carbocycles. The molecule has 0 atom stereocenters. The topological polar surface area (TPSA) is 75.7 Å². The second-order valence-corrected chi connectivity index (χ2v) is 16.5. The summed E-state index contributed by atoms with van der Waals surface area (Å²) in [6.45, 7) is 16.0. The molecule has 8 heteroatoms. The van der Waals surface area contributed by atoms with E-state index in [4.69, 9.17) is 4.74 Å². The average molecular weight is 415 g/mol.